The zero-order valence-corrected chi connectivity index (χ0v) is 20.7. The fourth-order valence-electron chi connectivity index (χ4n) is 2.92. The molecule has 0 bridgehead atoms. The second-order valence-electron chi connectivity index (χ2n) is 9.05. The van der Waals surface area contributed by atoms with Gasteiger partial charge in [0.1, 0.15) is 5.00 Å². The molecule has 1 unspecified atom stereocenters. The van der Waals surface area contributed by atoms with Crippen LogP contribution >= 0.6 is 22.9 Å². The number of anilines is 1. The number of thiophene rings is 1. The van der Waals surface area contributed by atoms with Crippen LogP contribution in [0.5, 0.6) is 0 Å². The van der Waals surface area contributed by atoms with Gasteiger partial charge in [-0.25, -0.2) is 0 Å². The highest BCUT2D eigenvalue weighted by molar-refractivity contribution is 7.17. The van der Waals surface area contributed by atoms with Gasteiger partial charge in [-0.15, -0.1) is 11.3 Å². The first kappa shape index (κ1) is 22.2. The van der Waals surface area contributed by atoms with Crippen molar-refractivity contribution < 1.29 is 9.22 Å². The van der Waals surface area contributed by atoms with Crippen molar-refractivity contribution in [3.8, 4) is 0 Å². The summed E-state index contributed by atoms with van der Waals surface area (Å²) in [5.74, 6) is -0.116. The molecule has 0 spiro atoms. The molecule has 1 aliphatic heterocycles. The van der Waals surface area contributed by atoms with Gasteiger partial charge in [-0.1, -0.05) is 44.5 Å². The SMILES string of the molecule is Cc1sc2c(c1C)C(c1ccc(Cl)cc1)=NC(CO[Si](C)(C)C(C)(C)C)C(=O)N2. The molecule has 0 radical (unpaired) electrons. The number of amides is 1. The number of fused-ring (bicyclic) bond motifs is 1. The van der Waals surface area contributed by atoms with E-state index in [0.29, 0.717) is 5.02 Å². The van der Waals surface area contributed by atoms with Gasteiger partial charge < -0.3 is 9.74 Å². The van der Waals surface area contributed by atoms with Crippen LogP contribution in [-0.2, 0) is 9.22 Å². The number of carbonyl (C=O) groups is 1. The van der Waals surface area contributed by atoms with E-state index in [1.807, 2.05) is 24.3 Å². The molecule has 1 aromatic carbocycles. The number of hydrogen-bond donors (Lipinski definition) is 1. The molecule has 4 nitrogen and oxygen atoms in total. The van der Waals surface area contributed by atoms with Gasteiger partial charge in [0.25, 0.3) is 5.91 Å². The molecule has 0 fully saturated rings. The molecule has 1 N–H and O–H groups in total. The smallest absolute Gasteiger partial charge is 0.252 e. The molecule has 3 rings (SSSR count). The normalized spacial score (nSPS) is 17.4. The third kappa shape index (κ3) is 4.50. The van der Waals surface area contributed by atoms with Crippen LogP contribution in [0.2, 0.25) is 23.2 Å². The van der Waals surface area contributed by atoms with Gasteiger partial charge in [-0.05, 0) is 49.7 Å². The third-order valence-electron chi connectivity index (χ3n) is 5.97. The van der Waals surface area contributed by atoms with Crippen LogP contribution in [0, 0.1) is 13.8 Å². The highest BCUT2D eigenvalue weighted by Crippen LogP contribution is 2.38. The quantitative estimate of drug-likeness (QED) is 0.566. The predicted molar refractivity (Wildman–Crippen MR) is 126 cm³/mol. The Hall–Kier alpha value is -1.47. The molecule has 1 amide bonds. The van der Waals surface area contributed by atoms with Crippen LogP contribution in [0.4, 0.5) is 5.00 Å². The Kier molecular flexibility index (Phi) is 6.12. The number of halogens is 1. The number of carbonyl (C=O) groups excluding carboxylic acids is 1. The van der Waals surface area contributed by atoms with E-state index < -0.39 is 14.4 Å². The van der Waals surface area contributed by atoms with Crippen LogP contribution in [0.3, 0.4) is 0 Å². The van der Waals surface area contributed by atoms with Crippen LogP contribution in [0.25, 0.3) is 0 Å². The maximum atomic E-state index is 13.0. The molecule has 1 aliphatic rings. The molecule has 1 aromatic heterocycles. The monoisotopic (exact) mass is 448 g/mol. The van der Waals surface area contributed by atoms with Crippen molar-refractivity contribution in [2.45, 2.75) is 58.8 Å². The number of aryl methyl sites for hydroxylation is 1. The van der Waals surface area contributed by atoms with E-state index in [-0.39, 0.29) is 17.6 Å². The number of nitrogens with one attached hydrogen (secondary N) is 1. The molecule has 2 heterocycles. The Bertz CT molecular complexity index is 958. The Labute approximate surface area is 183 Å². The molecular formula is C22H29ClN2O2SSi. The van der Waals surface area contributed by atoms with Gasteiger partial charge in [0, 0.05) is 21.0 Å². The minimum atomic E-state index is -1.99. The zero-order chi connectivity index (χ0) is 21.6. The van der Waals surface area contributed by atoms with Gasteiger partial charge in [-0.3, -0.25) is 9.79 Å². The first-order chi connectivity index (χ1) is 13.4. The summed E-state index contributed by atoms with van der Waals surface area (Å²) in [6.07, 6.45) is 0. The fraction of sp³-hybridized carbons (Fsp3) is 0.455. The van der Waals surface area contributed by atoms with Crippen LogP contribution in [-0.4, -0.2) is 32.6 Å². The summed E-state index contributed by atoms with van der Waals surface area (Å²) in [6, 6.07) is 7.04. The maximum absolute atomic E-state index is 13.0. The summed E-state index contributed by atoms with van der Waals surface area (Å²) in [4.78, 5) is 19.1. The van der Waals surface area contributed by atoms with E-state index in [9.17, 15) is 4.79 Å². The van der Waals surface area contributed by atoms with Crippen molar-refractivity contribution >= 4 is 47.9 Å². The van der Waals surface area contributed by atoms with E-state index >= 15 is 0 Å². The van der Waals surface area contributed by atoms with E-state index in [2.05, 4.69) is 53.0 Å². The Morgan fingerprint density at radius 3 is 2.41 bits per heavy atom. The average molecular weight is 449 g/mol. The van der Waals surface area contributed by atoms with Crippen molar-refractivity contribution in [2.24, 2.45) is 4.99 Å². The molecule has 1 atom stereocenters. The Balaban J connectivity index is 2.04. The fourth-order valence-corrected chi connectivity index (χ4v) is 5.12. The van der Waals surface area contributed by atoms with Gasteiger partial charge >= 0.3 is 0 Å². The first-order valence-electron chi connectivity index (χ1n) is 9.79. The Morgan fingerprint density at radius 2 is 1.83 bits per heavy atom. The third-order valence-corrected chi connectivity index (χ3v) is 11.8. The Morgan fingerprint density at radius 1 is 1.21 bits per heavy atom. The highest BCUT2D eigenvalue weighted by atomic mass is 35.5. The topological polar surface area (TPSA) is 50.7 Å². The van der Waals surface area contributed by atoms with Crippen molar-refractivity contribution in [1.29, 1.82) is 0 Å². The summed E-state index contributed by atoms with van der Waals surface area (Å²) in [7, 11) is -1.99. The van der Waals surface area contributed by atoms with Crippen LogP contribution in [0.15, 0.2) is 29.3 Å². The molecule has 0 saturated carbocycles. The van der Waals surface area contributed by atoms with Gasteiger partial charge in [0.2, 0.25) is 0 Å². The van der Waals surface area contributed by atoms with Crippen LogP contribution in [0.1, 0.15) is 42.3 Å². The predicted octanol–water partition coefficient (Wildman–Crippen LogP) is 6.20. The molecule has 29 heavy (non-hydrogen) atoms. The molecule has 2 aromatic rings. The lowest BCUT2D eigenvalue weighted by atomic mass is 10.00. The van der Waals surface area contributed by atoms with E-state index in [1.54, 1.807) is 11.3 Å². The molecule has 0 saturated heterocycles. The van der Waals surface area contributed by atoms with Crippen molar-refractivity contribution in [1.82, 2.24) is 0 Å². The first-order valence-corrected chi connectivity index (χ1v) is 13.9. The lowest BCUT2D eigenvalue weighted by molar-refractivity contribution is -0.117. The standard InChI is InChI=1S/C22H29ClN2O2SSi/c1-13-14(2)28-21-18(13)19(15-8-10-16(23)11-9-15)24-17(20(26)25-21)12-27-29(6,7)22(3,4)5/h8-11,17H,12H2,1-7H3,(H,25,26). The maximum Gasteiger partial charge on any atom is 0.252 e. The number of hydrogen-bond acceptors (Lipinski definition) is 4. The lowest BCUT2D eigenvalue weighted by Crippen LogP contribution is -2.44. The van der Waals surface area contributed by atoms with E-state index in [1.165, 1.54) is 4.88 Å². The number of aliphatic imine (C=N–C) groups is 1. The van der Waals surface area contributed by atoms with Crippen LogP contribution < -0.4 is 5.32 Å². The summed E-state index contributed by atoms with van der Waals surface area (Å²) in [6.45, 7) is 15.4. The minimum Gasteiger partial charge on any atom is -0.414 e. The zero-order valence-electron chi connectivity index (χ0n) is 18.1. The minimum absolute atomic E-state index is 0.0726. The van der Waals surface area contributed by atoms with Crippen molar-refractivity contribution in [3.63, 3.8) is 0 Å². The van der Waals surface area contributed by atoms with Gasteiger partial charge in [0.05, 0.1) is 12.3 Å². The molecule has 0 aliphatic carbocycles. The number of benzene rings is 1. The van der Waals surface area contributed by atoms with Crippen molar-refractivity contribution in [2.75, 3.05) is 11.9 Å². The average Bonchev–Trinajstić information content (AvgIpc) is 2.81. The summed E-state index contributed by atoms with van der Waals surface area (Å²) in [5, 5.41) is 4.70. The summed E-state index contributed by atoms with van der Waals surface area (Å²) < 4.78 is 6.35. The van der Waals surface area contributed by atoms with Crippen molar-refractivity contribution in [3.05, 3.63) is 50.9 Å². The lowest BCUT2D eigenvalue weighted by Gasteiger charge is -2.36. The van der Waals surface area contributed by atoms with E-state index in [0.717, 1.165) is 27.4 Å². The molecule has 156 valence electrons. The molecule has 7 heteroatoms. The van der Waals surface area contributed by atoms with E-state index in [4.69, 9.17) is 21.0 Å². The van der Waals surface area contributed by atoms with Gasteiger partial charge in [-0.2, -0.15) is 0 Å². The second-order valence-corrected chi connectivity index (χ2v) is 15.5. The largest absolute Gasteiger partial charge is 0.414 e. The highest BCUT2D eigenvalue weighted by Gasteiger charge is 2.39. The number of rotatable bonds is 4. The molecular weight excluding hydrogens is 420 g/mol. The summed E-state index contributed by atoms with van der Waals surface area (Å²) in [5.41, 5.74) is 3.91. The number of nitrogens with zero attached hydrogens (tertiary/aromatic N) is 1. The van der Waals surface area contributed by atoms with Gasteiger partial charge in [0.15, 0.2) is 14.4 Å². The second kappa shape index (κ2) is 7.98. The summed E-state index contributed by atoms with van der Waals surface area (Å²) >= 11 is 7.69.